The SMILES string of the molecule is Cc1ccc(C2(C(=O)Nc3ccc4[nH]c(C(C)(C)C)cc4c3)CC2)cc1CO. The van der Waals surface area contributed by atoms with Crippen LogP contribution < -0.4 is 5.32 Å². The van der Waals surface area contributed by atoms with Crippen LogP contribution in [0.5, 0.6) is 0 Å². The molecular weight excluding hydrogens is 348 g/mol. The van der Waals surface area contributed by atoms with Crippen LogP contribution in [-0.4, -0.2) is 16.0 Å². The van der Waals surface area contributed by atoms with Crippen molar-refractivity contribution in [2.75, 3.05) is 5.32 Å². The van der Waals surface area contributed by atoms with Gasteiger partial charge < -0.3 is 15.4 Å². The van der Waals surface area contributed by atoms with E-state index < -0.39 is 5.41 Å². The molecule has 0 atom stereocenters. The molecule has 0 saturated heterocycles. The zero-order valence-corrected chi connectivity index (χ0v) is 17.0. The van der Waals surface area contributed by atoms with Gasteiger partial charge in [-0.3, -0.25) is 4.79 Å². The lowest BCUT2D eigenvalue weighted by Crippen LogP contribution is -2.28. The van der Waals surface area contributed by atoms with Crippen molar-refractivity contribution in [3.8, 4) is 0 Å². The van der Waals surface area contributed by atoms with Gasteiger partial charge in [0, 0.05) is 27.7 Å². The smallest absolute Gasteiger partial charge is 0.235 e. The Morgan fingerprint density at radius 1 is 1.14 bits per heavy atom. The number of carbonyl (C=O) groups excluding carboxylic acids is 1. The van der Waals surface area contributed by atoms with E-state index in [-0.39, 0.29) is 17.9 Å². The minimum atomic E-state index is -0.471. The number of rotatable bonds is 4. The summed E-state index contributed by atoms with van der Waals surface area (Å²) in [5.41, 5.74) is 5.60. The Hall–Kier alpha value is -2.59. The van der Waals surface area contributed by atoms with Crippen molar-refractivity contribution < 1.29 is 9.90 Å². The number of aliphatic hydroxyl groups is 1. The minimum absolute atomic E-state index is 0.00234. The molecule has 1 amide bonds. The maximum atomic E-state index is 13.1. The first kappa shape index (κ1) is 18.8. The summed E-state index contributed by atoms with van der Waals surface area (Å²) in [6.45, 7) is 8.52. The standard InChI is InChI=1S/C24H28N2O2/c1-15-5-6-18(11-17(15)14-27)24(9-10-24)22(28)25-19-7-8-20-16(12-19)13-21(26-20)23(2,3)4/h5-8,11-13,26-27H,9-10,14H2,1-4H3,(H,25,28). The summed E-state index contributed by atoms with van der Waals surface area (Å²) in [6.07, 6.45) is 1.68. The maximum Gasteiger partial charge on any atom is 0.235 e. The lowest BCUT2D eigenvalue weighted by Gasteiger charge is -2.17. The maximum absolute atomic E-state index is 13.1. The third-order valence-corrected chi connectivity index (χ3v) is 5.94. The van der Waals surface area contributed by atoms with Crippen molar-refractivity contribution in [3.63, 3.8) is 0 Å². The fourth-order valence-electron chi connectivity index (χ4n) is 3.78. The van der Waals surface area contributed by atoms with E-state index >= 15 is 0 Å². The van der Waals surface area contributed by atoms with Gasteiger partial charge in [0.05, 0.1) is 12.0 Å². The average Bonchev–Trinajstić information content (AvgIpc) is 3.34. The van der Waals surface area contributed by atoms with Crippen molar-refractivity contribution in [2.45, 2.75) is 58.0 Å². The van der Waals surface area contributed by atoms with Crippen LogP contribution >= 0.6 is 0 Å². The minimum Gasteiger partial charge on any atom is -0.392 e. The number of nitrogens with one attached hydrogen (secondary N) is 2. The van der Waals surface area contributed by atoms with Gasteiger partial charge in [0.1, 0.15) is 0 Å². The van der Waals surface area contributed by atoms with Gasteiger partial charge in [-0.2, -0.15) is 0 Å². The number of carbonyl (C=O) groups is 1. The quantitative estimate of drug-likeness (QED) is 0.604. The largest absolute Gasteiger partial charge is 0.392 e. The molecule has 1 aliphatic rings. The van der Waals surface area contributed by atoms with Gasteiger partial charge >= 0.3 is 0 Å². The molecule has 4 rings (SSSR count). The number of aromatic nitrogens is 1. The molecule has 28 heavy (non-hydrogen) atoms. The molecule has 4 nitrogen and oxygen atoms in total. The molecule has 1 heterocycles. The van der Waals surface area contributed by atoms with E-state index in [1.165, 1.54) is 5.69 Å². The van der Waals surface area contributed by atoms with Crippen molar-refractivity contribution in [2.24, 2.45) is 0 Å². The molecule has 1 fully saturated rings. The summed E-state index contributed by atoms with van der Waals surface area (Å²) < 4.78 is 0. The van der Waals surface area contributed by atoms with Crippen LogP contribution in [0.15, 0.2) is 42.5 Å². The number of aromatic amines is 1. The van der Waals surface area contributed by atoms with E-state index in [9.17, 15) is 9.90 Å². The Bertz CT molecular complexity index is 1050. The Labute approximate surface area is 166 Å². The fourth-order valence-corrected chi connectivity index (χ4v) is 3.78. The van der Waals surface area contributed by atoms with Crippen LogP contribution in [0.1, 0.15) is 56.0 Å². The number of anilines is 1. The van der Waals surface area contributed by atoms with Crippen LogP contribution in [0.2, 0.25) is 0 Å². The van der Waals surface area contributed by atoms with Crippen LogP contribution in [-0.2, 0) is 22.2 Å². The highest BCUT2D eigenvalue weighted by Gasteiger charge is 2.51. The molecule has 1 aromatic heterocycles. The Balaban J connectivity index is 1.59. The van der Waals surface area contributed by atoms with E-state index in [1.807, 2.05) is 43.3 Å². The van der Waals surface area contributed by atoms with Gasteiger partial charge in [0.15, 0.2) is 0 Å². The monoisotopic (exact) mass is 376 g/mol. The number of aryl methyl sites for hydroxylation is 1. The first-order chi connectivity index (χ1) is 13.2. The van der Waals surface area contributed by atoms with E-state index in [1.54, 1.807) is 0 Å². The second-order valence-electron chi connectivity index (χ2n) is 9.07. The highest BCUT2D eigenvalue weighted by Crippen LogP contribution is 2.49. The van der Waals surface area contributed by atoms with Crippen molar-refractivity contribution in [1.82, 2.24) is 4.98 Å². The molecule has 0 spiro atoms. The highest BCUT2D eigenvalue weighted by atomic mass is 16.3. The number of amides is 1. The first-order valence-electron chi connectivity index (χ1n) is 9.88. The topological polar surface area (TPSA) is 65.1 Å². The first-order valence-corrected chi connectivity index (χ1v) is 9.88. The number of hydrogen-bond donors (Lipinski definition) is 3. The molecule has 4 heteroatoms. The van der Waals surface area contributed by atoms with E-state index in [0.29, 0.717) is 0 Å². The van der Waals surface area contributed by atoms with Gasteiger partial charge in [-0.05, 0) is 60.7 Å². The molecule has 3 N–H and O–H groups in total. The van der Waals surface area contributed by atoms with Crippen molar-refractivity contribution in [1.29, 1.82) is 0 Å². The van der Waals surface area contributed by atoms with Gasteiger partial charge in [0.2, 0.25) is 5.91 Å². The fraction of sp³-hybridized carbons (Fsp3) is 0.375. The third kappa shape index (κ3) is 3.22. The Kier molecular flexibility index (Phi) is 4.35. The van der Waals surface area contributed by atoms with Gasteiger partial charge in [-0.1, -0.05) is 39.0 Å². The third-order valence-electron chi connectivity index (χ3n) is 5.94. The van der Waals surface area contributed by atoms with Gasteiger partial charge in [-0.15, -0.1) is 0 Å². The molecule has 1 saturated carbocycles. The van der Waals surface area contributed by atoms with Gasteiger partial charge in [0.25, 0.3) is 0 Å². The molecule has 0 bridgehead atoms. The number of benzene rings is 2. The normalized spacial score (nSPS) is 15.6. The number of hydrogen-bond acceptors (Lipinski definition) is 2. The molecule has 0 unspecified atom stereocenters. The second kappa shape index (κ2) is 6.49. The van der Waals surface area contributed by atoms with E-state index in [0.717, 1.165) is 46.1 Å². The zero-order valence-electron chi connectivity index (χ0n) is 17.0. The Morgan fingerprint density at radius 2 is 1.89 bits per heavy atom. The number of fused-ring (bicyclic) bond motifs is 1. The van der Waals surface area contributed by atoms with Gasteiger partial charge in [-0.25, -0.2) is 0 Å². The van der Waals surface area contributed by atoms with E-state index in [2.05, 4.69) is 37.1 Å². The molecule has 1 aliphatic carbocycles. The van der Waals surface area contributed by atoms with Crippen LogP contribution in [0, 0.1) is 6.92 Å². The average molecular weight is 377 g/mol. The zero-order chi connectivity index (χ0) is 20.1. The molecular formula is C24H28N2O2. The second-order valence-corrected chi connectivity index (χ2v) is 9.07. The predicted molar refractivity (Wildman–Crippen MR) is 114 cm³/mol. The lowest BCUT2D eigenvalue weighted by atomic mass is 9.91. The van der Waals surface area contributed by atoms with Crippen LogP contribution in [0.4, 0.5) is 5.69 Å². The lowest BCUT2D eigenvalue weighted by molar-refractivity contribution is -0.118. The summed E-state index contributed by atoms with van der Waals surface area (Å²) in [5, 5.41) is 13.8. The molecule has 0 aliphatic heterocycles. The molecule has 2 aromatic carbocycles. The summed E-state index contributed by atoms with van der Waals surface area (Å²) in [6, 6.07) is 14.2. The highest BCUT2D eigenvalue weighted by molar-refractivity contribution is 6.02. The summed E-state index contributed by atoms with van der Waals surface area (Å²) in [5.74, 6) is 0.0335. The predicted octanol–water partition coefficient (Wildman–Crippen LogP) is 4.94. The van der Waals surface area contributed by atoms with Crippen molar-refractivity contribution >= 4 is 22.5 Å². The van der Waals surface area contributed by atoms with E-state index in [4.69, 9.17) is 0 Å². The summed E-state index contributed by atoms with van der Waals surface area (Å²) in [7, 11) is 0. The summed E-state index contributed by atoms with van der Waals surface area (Å²) >= 11 is 0. The van der Waals surface area contributed by atoms with Crippen LogP contribution in [0.3, 0.4) is 0 Å². The molecule has 3 aromatic rings. The molecule has 0 radical (unpaired) electrons. The molecule has 146 valence electrons. The Morgan fingerprint density at radius 3 is 2.54 bits per heavy atom. The summed E-state index contributed by atoms with van der Waals surface area (Å²) in [4.78, 5) is 16.6. The number of H-pyrrole nitrogens is 1. The van der Waals surface area contributed by atoms with Crippen molar-refractivity contribution in [3.05, 3.63) is 64.8 Å². The van der Waals surface area contributed by atoms with Crippen LogP contribution in [0.25, 0.3) is 10.9 Å². The number of aliphatic hydroxyl groups excluding tert-OH is 1.